The number of benzene rings is 1. The summed E-state index contributed by atoms with van der Waals surface area (Å²) in [5.74, 6) is -0.566. The van der Waals surface area contributed by atoms with Gasteiger partial charge in [0.25, 0.3) is 0 Å². The molecule has 0 saturated carbocycles. The number of amides is 1. The standard InChI is InChI=1S/C16H19N3O3/c1-5-12-10-19(13-8-6-7-11(2)9-13)17-14(15(12)20)16(21)18(3)22-4/h6-10H,5H2,1-4H3. The highest BCUT2D eigenvalue weighted by molar-refractivity contribution is 5.91. The van der Waals surface area contributed by atoms with E-state index in [9.17, 15) is 9.59 Å². The molecule has 0 aliphatic carbocycles. The molecule has 0 bridgehead atoms. The third kappa shape index (κ3) is 3.07. The highest BCUT2D eigenvalue weighted by atomic mass is 16.7. The zero-order valence-corrected chi connectivity index (χ0v) is 13.2. The van der Waals surface area contributed by atoms with Crippen molar-refractivity contribution >= 4 is 5.91 Å². The summed E-state index contributed by atoms with van der Waals surface area (Å²) in [7, 11) is 2.81. The fraction of sp³-hybridized carbons (Fsp3) is 0.312. The first-order valence-electron chi connectivity index (χ1n) is 7.00. The molecule has 0 atom stereocenters. The Hall–Kier alpha value is -2.47. The average Bonchev–Trinajstić information content (AvgIpc) is 2.53. The summed E-state index contributed by atoms with van der Waals surface area (Å²) in [6, 6.07) is 7.68. The van der Waals surface area contributed by atoms with Crippen LogP contribution in [-0.4, -0.2) is 34.9 Å². The molecule has 0 unspecified atom stereocenters. The fourth-order valence-corrected chi connectivity index (χ4v) is 2.07. The number of hydroxylamine groups is 2. The Kier molecular flexibility index (Phi) is 4.72. The predicted molar refractivity (Wildman–Crippen MR) is 83.1 cm³/mol. The van der Waals surface area contributed by atoms with Crippen molar-refractivity contribution in [2.45, 2.75) is 20.3 Å². The summed E-state index contributed by atoms with van der Waals surface area (Å²) >= 11 is 0. The molecule has 1 heterocycles. The van der Waals surface area contributed by atoms with Crippen LogP contribution in [0.3, 0.4) is 0 Å². The van der Waals surface area contributed by atoms with Crippen molar-refractivity contribution in [2.24, 2.45) is 0 Å². The lowest BCUT2D eigenvalue weighted by Crippen LogP contribution is -2.34. The van der Waals surface area contributed by atoms with Crippen LogP contribution in [0.25, 0.3) is 5.69 Å². The Balaban J connectivity index is 2.63. The zero-order chi connectivity index (χ0) is 16.3. The second kappa shape index (κ2) is 6.53. The van der Waals surface area contributed by atoms with Gasteiger partial charge in [-0.05, 0) is 31.0 Å². The van der Waals surface area contributed by atoms with Crippen LogP contribution in [-0.2, 0) is 11.3 Å². The molecule has 0 radical (unpaired) electrons. The third-order valence-corrected chi connectivity index (χ3v) is 3.40. The molecule has 0 fully saturated rings. The number of nitrogens with zero attached hydrogens (tertiary/aromatic N) is 3. The Morgan fingerprint density at radius 2 is 2.14 bits per heavy atom. The van der Waals surface area contributed by atoms with E-state index in [0.29, 0.717) is 12.0 Å². The van der Waals surface area contributed by atoms with Gasteiger partial charge in [-0.3, -0.25) is 14.4 Å². The maximum absolute atomic E-state index is 12.3. The highest BCUT2D eigenvalue weighted by Gasteiger charge is 2.20. The normalized spacial score (nSPS) is 10.5. The maximum Gasteiger partial charge on any atom is 0.301 e. The molecule has 0 spiro atoms. The zero-order valence-electron chi connectivity index (χ0n) is 13.2. The van der Waals surface area contributed by atoms with Crippen LogP contribution in [0.5, 0.6) is 0 Å². The van der Waals surface area contributed by atoms with E-state index in [1.807, 2.05) is 38.1 Å². The van der Waals surface area contributed by atoms with Crippen molar-refractivity contribution in [3.63, 3.8) is 0 Å². The molecule has 1 aromatic carbocycles. The topological polar surface area (TPSA) is 64.4 Å². The summed E-state index contributed by atoms with van der Waals surface area (Å²) in [5, 5.41) is 5.18. The smallest absolute Gasteiger partial charge is 0.287 e. The number of rotatable bonds is 4. The molecule has 116 valence electrons. The number of carbonyl (C=O) groups excluding carboxylic acids is 1. The molecular formula is C16H19N3O3. The van der Waals surface area contributed by atoms with Crippen LogP contribution in [0.4, 0.5) is 0 Å². The van der Waals surface area contributed by atoms with Gasteiger partial charge in [0.05, 0.1) is 12.8 Å². The first kappa shape index (κ1) is 15.9. The van der Waals surface area contributed by atoms with E-state index in [2.05, 4.69) is 5.10 Å². The van der Waals surface area contributed by atoms with Crippen molar-refractivity contribution in [3.8, 4) is 5.69 Å². The Bertz CT molecular complexity index is 753. The van der Waals surface area contributed by atoms with Gasteiger partial charge in [-0.15, -0.1) is 0 Å². The molecule has 0 aliphatic heterocycles. The molecular weight excluding hydrogens is 282 g/mol. The number of aromatic nitrogens is 2. The largest absolute Gasteiger partial charge is 0.301 e. The van der Waals surface area contributed by atoms with Gasteiger partial charge >= 0.3 is 5.91 Å². The van der Waals surface area contributed by atoms with Crippen molar-refractivity contribution in [1.82, 2.24) is 14.8 Å². The Morgan fingerprint density at radius 3 is 2.73 bits per heavy atom. The van der Waals surface area contributed by atoms with Crippen molar-refractivity contribution in [3.05, 3.63) is 57.5 Å². The van der Waals surface area contributed by atoms with Gasteiger partial charge in [-0.2, -0.15) is 5.10 Å². The molecule has 22 heavy (non-hydrogen) atoms. The minimum Gasteiger partial charge on any atom is -0.287 e. The fourth-order valence-electron chi connectivity index (χ4n) is 2.07. The molecule has 2 aromatic rings. The van der Waals surface area contributed by atoms with E-state index in [4.69, 9.17) is 4.84 Å². The van der Waals surface area contributed by atoms with Crippen molar-refractivity contribution in [1.29, 1.82) is 0 Å². The maximum atomic E-state index is 12.3. The first-order chi connectivity index (χ1) is 10.5. The van der Waals surface area contributed by atoms with Crippen molar-refractivity contribution in [2.75, 3.05) is 14.2 Å². The lowest BCUT2D eigenvalue weighted by atomic mass is 10.2. The third-order valence-electron chi connectivity index (χ3n) is 3.40. The minimum absolute atomic E-state index is 0.148. The first-order valence-corrected chi connectivity index (χ1v) is 7.00. The molecule has 2 rings (SSSR count). The van der Waals surface area contributed by atoms with E-state index in [1.54, 1.807) is 10.9 Å². The van der Waals surface area contributed by atoms with Gasteiger partial charge in [-0.25, -0.2) is 9.75 Å². The number of aryl methyl sites for hydroxylation is 2. The number of hydrogen-bond donors (Lipinski definition) is 0. The molecule has 0 aliphatic rings. The van der Waals surface area contributed by atoms with Crippen LogP contribution >= 0.6 is 0 Å². The van der Waals surface area contributed by atoms with Gasteiger partial charge in [0, 0.05) is 18.8 Å². The molecule has 0 N–H and O–H groups in total. The van der Waals surface area contributed by atoms with Crippen LogP contribution in [0.2, 0.25) is 0 Å². The highest BCUT2D eigenvalue weighted by Crippen LogP contribution is 2.10. The summed E-state index contributed by atoms with van der Waals surface area (Å²) in [6.07, 6.45) is 2.19. The molecule has 6 heteroatoms. The van der Waals surface area contributed by atoms with E-state index in [-0.39, 0.29) is 11.1 Å². The average molecular weight is 301 g/mol. The predicted octanol–water partition coefficient (Wildman–Crippen LogP) is 1.74. The second-order valence-electron chi connectivity index (χ2n) is 4.95. The van der Waals surface area contributed by atoms with Gasteiger partial charge in [0.15, 0.2) is 5.69 Å². The molecule has 0 saturated heterocycles. The SMILES string of the molecule is CCc1cn(-c2cccc(C)c2)nc(C(=O)N(C)OC)c1=O. The van der Waals surface area contributed by atoms with Crippen LogP contribution in [0.15, 0.2) is 35.3 Å². The van der Waals surface area contributed by atoms with E-state index < -0.39 is 5.91 Å². The van der Waals surface area contributed by atoms with Gasteiger partial charge in [0.2, 0.25) is 5.43 Å². The van der Waals surface area contributed by atoms with E-state index in [1.165, 1.54) is 14.2 Å². The second-order valence-corrected chi connectivity index (χ2v) is 4.95. The van der Waals surface area contributed by atoms with Crippen molar-refractivity contribution < 1.29 is 9.63 Å². The molecule has 1 amide bonds. The lowest BCUT2D eigenvalue weighted by molar-refractivity contribution is -0.0762. The van der Waals surface area contributed by atoms with E-state index >= 15 is 0 Å². The minimum atomic E-state index is -0.566. The number of hydrogen-bond acceptors (Lipinski definition) is 4. The molecule has 6 nitrogen and oxygen atoms in total. The summed E-state index contributed by atoms with van der Waals surface area (Å²) in [6.45, 7) is 3.84. The quantitative estimate of drug-likeness (QED) is 0.807. The van der Waals surface area contributed by atoms with Gasteiger partial charge < -0.3 is 0 Å². The van der Waals surface area contributed by atoms with Crippen LogP contribution in [0, 0.1) is 6.92 Å². The summed E-state index contributed by atoms with van der Waals surface area (Å²) < 4.78 is 1.56. The van der Waals surface area contributed by atoms with E-state index in [0.717, 1.165) is 16.3 Å². The Labute approximate surface area is 128 Å². The lowest BCUT2D eigenvalue weighted by Gasteiger charge is -2.15. The Morgan fingerprint density at radius 1 is 1.41 bits per heavy atom. The molecule has 1 aromatic heterocycles. The number of carbonyl (C=O) groups is 1. The van der Waals surface area contributed by atoms with Gasteiger partial charge in [-0.1, -0.05) is 19.1 Å². The van der Waals surface area contributed by atoms with Crippen LogP contribution < -0.4 is 5.43 Å². The summed E-state index contributed by atoms with van der Waals surface area (Å²) in [5.41, 5.74) is 1.89. The van der Waals surface area contributed by atoms with Crippen LogP contribution in [0.1, 0.15) is 28.5 Å². The van der Waals surface area contributed by atoms with Gasteiger partial charge in [0.1, 0.15) is 0 Å². The monoisotopic (exact) mass is 301 g/mol. The summed E-state index contributed by atoms with van der Waals surface area (Å²) in [4.78, 5) is 29.4.